The molecule has 2 rings (SSSR count). The van der Waals surface area contributed by atoms with Crippen molar-refractivity contribution < 1.29 is 4.74 Å². The molecular weight excluding hydrogens is 212 g/mol. The normalized spacial score (nSPS) is 10.4. The lowest BCUT2D eigenvalue weighted by Crippen LogP contribution is -2.03. The maximum absolute atomic E-state index is 9.28. The molecule has 3 nitrogen and oxygen atoms in total. The molecule has 88 valence electrons. The minimum Gasteiger partial charge on any atom is -0.478 e. The van der Waals surface area contributed by atoms with Crippen LogP contribution < -0.4 is 4.74 Å². The summed E-state index contributed by atoms with van der Waals surface area (Å²) in [5.41, 5.74) is 1.72. The van der Waals surface area contributed by atoms with Crippen LogP contribution in [-0.4, -0.2) is 11.2 Å². The van der Waals surface area contributed by atoms with Gasteiger partial charge in [-0.2, -0.15) is 5.26 Å². The first kappa shape index (κ1) is 11.5. The standard InChI is InChI=1S/C14H16N2O/c1-3-9-17-14-12(10-15)11-7-5-6-8-13(11)16(14)4-2/h5-8H,3-4,9H2,1-2H3. The van der Waals surface area contributed by atoms with Crippen LogP contribution in [0.2, 0.25) is 0 Å². The molecule has 3 heteroatoms. The molecule has 0 unspecified atom stereocenters. The Balaban J connectivity index is 2.66. The zero-order valence-electron chi connectivity index (χ0n) is 10.2. The van der Waals surface area contributed by atoms with Crippen LogP contribution in [0.25, 0.3) is 10.9 Å². The van der Waals surface area contributed by atoms with Crippen molar-refractivity contribution in [3.8, 4) is 11.9 Å². The highest BCUT2D eigenvalue weighted by Gasteiger charge is 2.16. The molecular formula is C14H16N2O. The van der Waals surface area contributed by atoms with Gasteiger partial charge in [0.2, 0.25) is 5.88 Å². The number of hydrogen-bond acceptors (Lipinski definition) is 2. The van der Waals surface area contributed by atoms with Crippen LogP contribution in [0.1, 0.15) is 25.8 Å². The van der Waals surface area contributed by atoms with Crippen molar-refractivity contribution in [1.29, 1.82) is 5.26 Å². The quantitative estimate of drug-likeness (QED) is 0.805. The monoisotopic (exact) mass is 228 g/mol. The second-order valence-electron chi connectivity index (χ2n) is 3.90. The number of aryl methyl sites for hydroxylation is 1. The lowest BCUT2D eigenvalue weighted by atomic mass is 10.2. The molecule has 0 fully saturated rings. The van der Waals surface area contributed by atoms with Crippen molar-refractivity contribution >= 4 is 10.9 Å². The fourth-order valence-electron chi connectivity index (χ4n) is 2.05. The third-order valence-corrected chi connectivity index (χ3v) is 2.79. The van der Waals surface area contributed by atoms with Crippen molar-refractivity contribution in [2.45, 2.75) is 26.8 Å². The first-order valence-electron chi connectivity index (χ1n) is 5.97. The fourth-order valence-corrected chi connectivity index (χ4v) is 2.05. The zero-order chi connectivity index (χ0) is 12.3. The van der Waals surface area contributed by atoms with Gasteiger partial charge in [0.15, 0.2) is 0 Å². The first-order chi connectivity index (χ1) is 8.33. The maximum Gasteiger partial charge on any atom is 0.212 e. The number of ether oxygens (including phenoxy) is 1. The van der Waals surface area contributed by atoms with Crippen LogP contribution in [0.5, 0.6) is 5.88 Å². The van der Waals surface area contributed by atoms with E-state index in [0.29, 0.717) is 18.1 Å². The van der Waals surface area contributed by atoms with E-state index in [4.69, 9.17) is 4.74 Å². The second-order valence-corrected chi connectivity index (χ2v) is 3.90. The highest BCUT2D eigenvalue weighted by Crippen LogP contribution is 2.31. The van der Waals surface area contributed by atoms with E-state index in [0.717, 1.165) is 23.9 Å². The maximum atomic E-state index is 9.28. The highest BCUT2D eigenvalue weighted by molar-refractivity contribution is 5.89. The van der Waals surface area contributed by atoms with E-state index in [1.807, 2.05) is 24.3 Å². The van der Waals surface area contributed by atoms with Gasteiger partial charge in [-0.15, -0.1) is 0 Å². The van der Waals surface area contributed by atoms with Crippen molar-refractivity contribution in [2.24, 2.45) is 0 Å². The molecule has 2 aromatic rings. The molecule has 0 amide bonds. The molecule has 0 atom stereocenters. The molecule has 1 aromatic heterocycles. The Hall–Kier alpha value is -1.95. The summed E-state index contributed by atoms with van der Waals surface area (Å²) < 4.78 is 7.78. The van der Waals surface area contributed by atoms with Gasteiger partial charge < -0.3 is 9.30 Å². The Morgan fingerprint density at radius 3 is 2.71 bits per heavy atom. The van der Waals surface area contributed by atoms with Gasteiger partial charge in [-0.05, 0) is 19.4 Å². The van der Waals surface area contributed by atoms with Gasteiger partial charge in [-0.3, -0.25) is 0 Å². The summed E-state index contributed by atoms with van der Waals surface area (Å²) in [6.45, 7) is 5.57. The predicted molar refractivity (Wildman–Crippen MR) is 68.1 cm³/mol. The van der Waals surface area contributed by atoms with E-state index in [1.165, 1.54) is 0 Å². The van der Waals surface area contributed by atoms with Gasteiger partial charge in [0.1, 0.15) is 11.6 Å². The Morgan fingerprint density at radius 2 is 2.06 bits per heavy atom. The highest BCUT2D eigenvalue weighted by atomic mass is 16.5. The number of rotatable bonds is 4. The van der Waals surface area contributed by atoms with Gasteiger partial charge in [-0.1, -0.05) is 25.1 Å². The molecule has 17 heavy (non-hydrogen) atoms. The van der Waals surface area contributed by atoms with Crippen LogP contribution in [0.3, 0.4) is 0 Å². The minimum absolute atomic E-state index is 0.644. The minimum atomic E-state index is 0.644. The first-order valence-corrected chi connectivity index (χ1v) is 5.97. The molecule has 0 N–H and O–H groups in total. The van der Waals surface area contributed by atoms with E-state index >= 15 is 0 Å². The van der Waals surface area contributed by atoms with Crippen molar-refractivity contribution in [2.75, 3.05) is 6.61 Å². The zero-order valence-corrected chi connectivity index (χ0v) is 10.2. The van der Waals surface area contributed by atoms with Gasteiger partial charge in [0.05, 0.1) is 12.1 Å². The number of hydrogen-bond donors (Lipinski definition) is 0. The molecule has 0 saturated heterocycles. The summed E-state index contributed by atoms with van der Waals surface area (Å²) in [5, 5.41) is 10.3. The Labute approximate surface area is 101 Å². The molecule has 1 aromatic carbocycles. The van der Waals surface area contributed by atoms with Gasteiger partial charge in [-0.25, -0.2) is 0 Å². The van der Waals surface area contributed by atoms with Crippen LogP contribution in [-0.2, 0) is 6.54 Å². The summed E-state index contributed by atoms with van der Waals surface area (Å²) in [7, 11) is 0. The average Bonchev–Trinajstić information content (AvgIpc) is 2.68. The number of nitriles is 1. The molecule has 0 aliphatic heterocycles. The molecule has 0 spiro atoms. The van der Waals surface area contributed by atoms with Crippen LogP contribution in [0, 0.1) is 11.3 Å². The molecule has 1 heterocycles. The van der Waals surface area contributed by atoms with E-state index < -0.39 is 0 Å². The third kappa shape index (κ3) is 1.87. The summed E-state index contributed by atoms with van der Waals surface area (Å²) in [5.74, 6) is 0.707. The molecule has 0 aliphatic rings. The van der Waals surface area contributed by atoms with Gasteiger partial charge in [0, 0.05) is 11.9 Å². The number of benzene rings is 1. The topological polar surface area (TPSA) is 37.9 Å². The largest absolute Gasteiger partial charge is 0.478 e. The number of fused-ring (bicyclic) bond motifs is 1. The smallest absolute Gasteiger partial charge is 0.212 e. The van der Waals surface area contributed by atoms with Crippen LogP contribution in [0.15, 0.2) is 24.3 Å². The van der Waals surface area contributed by atoms with Gasteiger partial charge >= 0.3 is 0 Å². The van der Waals surface area contributed by atoms with E-state index in [1.54, 1.807) is 0 Å². The number of aromatic nitrogens is 1. The molecule has 0 bridgehead atoms. The number of para-hydroxylation sites is 1. The Bertz CT molecular complexity index is 563. The van der Waals surface area contributed by atoms with Crippen molar-refractivity contribution in [3.63, 3.8) is 0 Å². The van der Waals surface area contributed by atoms with Gasteiger partial charge in [0.25, 0.3) is 0 Å². The Morgan fingerprint density at radius 1 is 1.29 bits per heavy atom. The predicted octanol–water partition coefficient (Wildman–Crippen LogP) is 3.32. The summed E-state index contributed by atoms with van der Waals surface area (Å²) >= 11 is 0. The SMILES string of the molecule is CCCOc1c(C#N)c2ccccc2n1CC. The van der Waals surface area contributed by atoms with E-state index in [2.05, 4.69) is 24.5 Å². The van der Waals surface area contributed by atoms with Crippen molar-refractivity contribution in [3.05, 3.63) is 29.8 Å². The average molecular weight is 228 g/mol. The molecule has 0 radical (unpaired) electrons. The van der Waals surface area contributed by atoms with Crippen molar-refractivity contribution in [1.82, 2.24) is 4.57 Å². The summed E-state index contributed by atoms with van der Waals surface area (Å²) in [6.07, 6.45) is 0.941. The lowest BCUT2D eigenvalue weighted by molar-refractivity contribution is 0.292. The number of nitrogens with zero attached hydrogens (tertiary/aromatic N) is 2. The Kier molecular flexibility index (Phi) is 3.34. The fraction of sp³-hybridized carbons (Fsp3) is 0.357. The van der Waals surface area contributed by atoms with Crippen LogP contribution >= 0.6 is 0 Å². The van der Waals surface area contributed by atoms with E-state index in [9.17, 15) is 5.26 Å². The van der Waals surface area contributed by atoms with E-state index in [-0.39, 0.29) is 0 Å². The lowest BCUT2D eigenvalue weighted by Gasteiger charge is -2.08. The van der Waals surface area contributed by atoms with Crippen LogP contribution in [0.4, 0.5) is 0 Å². The summed E-state index contributed by atoms with van der Waals surface area (Å²) in [6, 6.07) is 10.2. The third-order valence-electron chi connectivity index (χ3n) is 2.79. The summed E-state index contributed by atoms with van der Waals surface area (Å²) in [4.78, 5) is 0. The second kappa shape index (κ2) is 4.92. The molecule has 0 aliphatic carbocycles. The molecule has 0 saturated carbocycles.